The van der Waals surface area contributed by atoms with Gasteiger partial charge in [0, 0.05) is 5.75 Å². The molecular weight excluding hydrogens is 396 g/mol. The molecule has 0 fully saturated rings. The highest BCUT2D eigenvalue weighted by Gasteiger charge is 2.11. The van der Waals surface area contributed by atoms with E-state index >= 15 is 0 Å². The van der Waals surface area contributed by atoms with Crippen molar-refractivity contribution >= 4 is 50.9 Å². The average Bonchev–Trinajstić information content (AvgIpc) is 3.11. The van der Waals surface area contributed by atoms with E-state index in [-0.39, 0.29) is 13.0 Å². The molecule has 0 spiro atoms. The monoisotopic (exact) mass is 416 g/mol. The van der Waals surface area contributed by atoms with Gasteiger partial charge in [-0.2, -0.15) is 0 Å². The third kappa shape index (κ3) is 5.71. The standard InChI is InChI=1S/C20H20N2O4S2/c1-2-25-16-9-5-3-7-14(16)21-18(23)13-26-19(24)11-12-27-20-22-15-8-4-6-10-17(15)28-20/h3-10H,2,11-13H2,1H3,(H,21,23). The maximum absolute atomic E-state index is 12.0. The highest BCUT2D eigenvalue weighted by Crippen LogP contribution is 2.29. The molecule has 0 aliphatic rings. The van der Waals surface area contributed by atoms with Crippen LogP contribution in [-0.2, 0) is 14.3 Å². The summed E-state index contributed by atoms with van der Waals surface area (Å²) in [6, 6.07) is 15.0. The molecule has 1 heterocycles. The topological polar surface area (TPSA) is 77.5 Å². The van der Waals surface area contributed by atoms with Crippen molar-refractivity contribution in [3.05, 3.63) is 48.5 Å². The number of aromatic nitrogens is 1. The molecule has 0 aliphatic heterocycles. The highest BCUT2D eigenvalue weighted by atomic mass is 32.2. The van der Waals surface area contributed by atoms with E-state index in [4.69, 9.17) is 9.47 Å². The fraction of sp³-hybridized carbons (Fsp3) is 0.250. The number of hydrogen-bond donors (Lipinski definition) is 1. The molecule has 0 unspecified atom stereocenters. The lowest BCUT2D eigenvalue weighted by atomic mass is 10.3. The first-order valence-corrected chi connectivity index (χ1v) is 10.6. The van der Waals surface area contributed by atoms with Crippen molar-refractivity contribution in [3.8, 4) is 5.75 Å². The van der Waals surface area contributed by atoms with Crippen LogP contribution in [0.4, 0.5) is 5.69 Å². The molecular formula is C20H20N2O4S2. The predicted octanol–water partition coefficient (Wildman–Crippen LogP) is 4.36. The molecule has 28 heavy (non-hydrogen) atoms. The average molecular weight is 417 g/mol. The van der Waals surface area contributed by atoms with Crippen LogP contribution in [0.1, 0.15) is 13.3 Å². The molecule has 0 radical (unpaired) electrons. The Labute approximate surface area is 171 Å². The van der Waals surface area contributed by atoms with Crippen LogP contribution in [0.3, 0.4) is 0 Å². The van der Waals surface area contributed by atoms with Crippen LogP contribution in [0, 0.1) is 0 Å². The maximum atomic E-state index is 12.0. The van der Waals surface area contributed by atoms with Gasteiger partial charge in [0.2, 0.25) is 0 Å². The number of fused-ring (bicyclic) bond motifs is 1. The van der Waals surface area contributed by atoms with Crippen LogP contribution in [0.15, 0.2) is 52.9 Å². The van der Waals surface area contributed by atoms with Gasteiger partial charge in [-0.15, -0.1) is 11.3 Å². The van der Waals surface area contributed by atoms with Crippen molar-refractivity contribution in [1.29, 1.82) is 0 Å². The van der Waals surface area contributed by atoms with Crippen molar-refractivity contribution < 1.29 is 19.1 Å². The third-order valence-electron chi connectivity index (χ3n) is 3.63. The van der Waals surface area contributed by atoms with Crippen molar-refractivity contribution in [3.63, 3.8) is 0 Å². The molecule has 1 aromatic heterocycles. The molecule has 146 valence electrons. The van der Waals surface area contributed by atoms with E-state index in [0.29, 0.717) is 23.8 Å². The fourth-order valence-corrected chi connectivity index (χ4v) is 4.45. The molecule has 0 bridgehead atoms. The molecule has 3 rings (SSSR count). The molecule has 2 aromatic carbocycles. The van der Waals surface area contributed by atoms with E-state index in [0.717, 1.165) is 14.6 Å². The number of hydrogen-bond acceptors (Lipinski definition) is 7. The Bertz CT molecular complexity index is 925. The predicted molar refractivity (Wildman–Crippen MR) is 112 cm³/mol. The number of nitrogens with one attached hydrogen (secondary N) is 1. The number of rotatable bonds is 9. The van der Waals surface area contributed by atoms with E-state index in [9.17, 15) is 9.59 Å². The molecule has 0 saturated heterocycles. The van der Waals surface area contributed by atoms with Gasteiger partial charge in [-0.05, 0) is 31.2 Å². The number of amides is 1. The smallest absolute Gasteiger partial charge is 0.307 e. The second-order valence-electron chi connectivity index (χ2n) is 5.68. The number of anilines is 1. The highest BCUT2D eigenvalue weighted by molar-refractivity contribution is 8.01. The summed E-state index contributed by atoms with van der Waals surface area (Å²) in [5, 5.41) is 2.69. The molecule has 0 atom stereocenters. The number of nitrogens with zero attached hydrogens (tertiary/aromatic N) is 1. The molecule has 0 saturated carbocycles. The SMILES string of the molecule is CCOc1ccccc1NC(=O)COC(=O)CCSc1nc2ccccc2s1. The first kappa shape index (κ1) is 20.2. The molecule has 1 N–H and O–H groups in total. The molecule has 0 aliphatic carbocycles. The van der Waals surface area contributed by atoms with E-state index in [1.165, 1.54) is 11.8 Å². The Kier molecular flexibility index (Phi) is 7.27. The van der Waals surface area contributed by atoms with Gasteiger partial charge in [-0.3, -0.25) is 9.59 Å². The van der Waals surface area contributed by atoms with Gasteiger partial charge in [0.1, 0.15) is 5.75 Å². The zero-order valence-corrected chi connectivity index (χ0v) is 17.0. The first-order valence-electron chi connectivity index (χ1n) is 8.81. The number of thioether (sulfide) groups is 1. The van der Waals surface area contributed by atoms with Crippen LogP contribution >= 0.6 is 23.1 Å². The quantitative estimate of drug-likeness (QED) is 0.413. The van der Waals surface area contributed by atoms with E-state index in [1.807, 2.05) is 37.3 Å². The van der Waals surface area contributed by atoms with Gasteiger partial charge in [0.05, 0.1) is 28.9 Å². The van der Waals surface area contributed by atoms with Gasteiger partial charge in [-0.1, -0.05) is 36.0 Å². The number of benzene rings is 2. The molecule has 3 aromatic rings. The van der Waals surface area contributed by atoms with Gasteiger partial charge < -0.3 is 14.8 Å². The number of esters is 1. The van der Waals surface area contributed by atoms with Crippen LogP contribution in [-0.4, -0.2) is 35.8 Å². The zero-order chi connectivity index (χ0) is 19.8. The molecule has 8 heteroatoms. The van der Waals surface area contributed by atoms with Crippen molar-refractivity contribution in [1.82, 2.24) is 4.98 Å². The summed E-state index contributed by atoms with van der Waals surface area (Å²) in [6.45, 7) is 2.03. The largest absolute Gasteiger partial charge is 0.492 e. The summed E-state index contributed by atoms with van der Waals surface area (Å²) >= 11 is 3.11. The summed E-state index contributed by atoms with van der Waals surface area (Å²) < 4.78 is 12.5. The zero-order valence-electron chi connectivity index (χ0n) is 15.3. The van der Waals surface area contributed by atoms with Crippen molar-refractivity contribution in [2.75, 3.05) is 24.3 Å². The van der Waals surface area contributed by atoms with E-state index in [1.54, 1.807) is 29.5 Å². The number of carbonyl (C=O) groups excluding carboxylic acids is 2. The lowest BCUT2D eigenvalue weighted by molar-refractivity contribution is -0.146. The Hall–Kier alpha value is -2.58. The van der Waals surface area contributed by atoms with E-state index in [2.05, 4.69) is 10.3 Å². The fourth-order valence-electron chi connectivity index (χ4n) is 2.39. The normalized spacial score (nSPS) is 10.6. The lowest BCUT2D eigenvalue weighted by Crippen LogP contribution is -2.21. The second-order valence-corrected chi connectivity index (χ2v) is 8.06. The Morgan fingerprint density at radius 2 is 1.93 bits per heavy atom. The minimum absolute atomic E-state index is 0.212. The van der Waals surface area contributed by atoms with Crippen LogP contribution in [0.5, 0.6) is 5.75 Å². The summed E-state index contributed by atoms with van der Waals surface area (Å²) in [6.07, 6.45) is 0.212. The number of ether oxygens (including phenoxy) is 2. The Morgan fingerprint density at radius 3 is 2.75 bits per heavy atom. The minimum Gasteiger partial charge on any atom is -0.492 e. The van der Waals surface area contributed by atoms with Crippen molar-refractivity contribution in [2.24, 2.45) is 0 Å². The van der Waals surface area contributed by atoms with Crippen LogP contribution in [0.2, 0.25) is 0 Å². The summed E-state index contributed by atoms with van der Waals surface area (Å²) in [7, 11) is 0. The number of para-hydroxylation sites is 3. The van der Waals surface area contributed by atoms with Gasteiger partial charge in [0.15, 0.2) is 10.9 Å². The summed E-state index contributed by atoms with van der Waals surface area (Å²) in [4.78, 5) is 28.4. The Morgan fingerprint density at radius 1 is 1.14 bits per heavy atom. The van der Waals surface area contributed by atoms with E-state index < -0.39 is 11.9 Å². The summed E-state index contributed by atoms with van der Waals surface area (Å²) in [5.41, 5.74) is 1.51. The van der Waals surface area contributed by atoms with Gasteiger partial charge >= 0.3 is 5.97 Å². The van der Waals surface area contributed by atoms with Crippen LogP contribution < -0.4 is 10.1 Å². The van der Waals surface area contributed by atoms with Crippen molar-refractivity contribution in [2.45, 2.75) is 17.7 Å². The second kappa shape index (κ2) is 10.1. The number of carbonyl (C=O) groups is 2. The maximum Gasteiger partial charge on any atom is 0.307 e. The van der Waals surface area contributed by atoms with Crippen LogP contribution in [0.25, 0.3) is 10.2 Å². The minimum atomic E-state index is -0.415. The number of thiazole rings is 1. The summed E-state index contributed by atoms with van der Waals surface area (Å²) in [5.74, 6) is 0.311. The van der Waals surface area contributed by atoms with Gasteiger partial charge in [-0.25, -0.2) is 4.98 Å². The first-order chi connectivity index (χ1) is 13.7. The lowest BCUT2D eigenvalue weighted by Gasteiger charge is -2.11. The molecule has 6 nitrogen and oxygen atoms in total. The Balaban J connectivity index is 1.39. The third-order valence-corrected chi connectivity index (χ3v) is 5.81. The molecule has 1 amide bonds. The van der Waals surface area contributed by atoms with Gasteiger partial charge in [0.25, 0.3) is 5.91 Å².